The third kappa shape index (κ3) is 3.17. The van der Waals surface area contributed by atoms with Crippen molar-refractivity contribution in [1.82, 2.24) is 5.32 Å². The summed E-state index contributed by atoms with van der Waals surface area (Å²) >= 11 is 12.1. The van der Waals surface area contributed by atoms with Crippen LogP contribution in [-0.4, -0.2) is 6.54 Å². The zero-order valence-corrected chi connectivity index (χ0v) is 12.2. The number of rotatable bonds is 5. The van der Waals surface area contributed by atoms with Crippen molar-refractivity contribution in [2.45, 2.75) is 32.7 Å². The van der Waals surface area contributed by atoms with Gasteiger partial charge in [-0.15, -0.1) is 0 Å². The first-order valence-electron chi connectivity index (χ1n) is 6.37. The standard InChI is InChI=1S/C14H18Cl2FN/c1-8(10-3-4-10)7-18-9(2)13-11(15)5-6-12(17)14(13)16/h5-6,8-10,18H,3-4,7H2,1-2H3. The van der Waals surface area contributed by atoms with E-state index in [9.17, 15) is 4.39 Å². The second-order valence-electron chi connectivity index (χ2n) is 5.20. The summed E-state index contributed by atoms with van der Waals surface area (Å²) in [4.78, 5) is 0. The zero-order valence-electron chi connectivity index (χ0n) is 10.6. The molecule has 1 aliphatic rings. The summed E-state index contributed by atoms with van der Waals surface area (Å²) in [6.07, 6.45) is 2.66. The molecule has 0 bridgehead atoms. The maximum absolute atomic E-state index is 13.4. The molecule has 4 heteroatoms. The molecular weight excluding hydrogens is 272 g/mol. The Morgan fingerprint density at radius 1 is 1.33 bits per heavy atom. The largest absolute Gasteiger partial charge is 0.310 e. The molecule has 0 saturated heterocycles. The monoisotopic (exact) mass is 289 g/mol. The Bertz CT molecular complexity index is 432. The molecule has 2 atom stereocenters. The van der Waals surface area contributed by atoms with Crippen molar-refractivity contribution in [2.75, 3.05) is 6.54 Å². The van der Waals surface area contributed by atoms with Gasteiger partial charge < -0.3 is 5.32 Å². The molecular formula is C14H18Cl2FN. The maximum atomic E-state index is 13.4. The smallest absolute Gasteiger partial charge is 0.142 e. The van der Waals surface area contributed by atoms with Gasteiger partial charge in [0, 0.05) is 16.6 Å². The fourth-order valence-electron chi connectivity index (χ4n) is 2.24. The number of hydrogen-bond acceptors (Lipinski definition) is 1. The summed E-state index contributed by atoms with van der Waals surface area (Å²) < 4.78 is 13.4. The highest BCUT2D eigenvalue weighted by atomic mass is 35.5. The second kappa shape index (κ2) is 5.77. The van der Waals surface area contributed by atoms with E-state index in [1.54, 1.807) is 6.07 Å². The van der Waals surface area contributed by atoms with Crippen LogP contribution < -0.4 is 5.32 Å². The van der Waals surface area contributed by atoms with E-state index in [1.165, 1.54) is 18.9 Å². The molecule has 1 aromatic carbocycles. The van der Waals surface area contributed by atoms with Crippen LogP contribution in [0, 0.1) is 17.7 Å². The van der Waals surface area contributed by atoms with Gasteiger partial charge >= 0.3 is 0 Å². The molecule has 1 saturated carbocycles. The van der Waals surface area contributed by atoms with Gasteiger partial charge in [0.1, 0.15) is 5.82 Å². The summed E-state index contributed by atoms with van der Waals surface area (Å²) in [5.74, 6) is 1.08. The molecule has 1 aromatic rings. The van der Waals surface area contributed by atoms with Crippen molar-refractivity contribution in [1.29, 1.82) is 0 Å². The second-order valence-corrected chi connectivity index (χ2v) is 5.99. The fraction of sp³-hybridized carbons (Fsp3) is 0.571. The van der Waals surface area contributed by atoms with E-state index >= 15 is 0 Å². The van der Waals surface area contributed by atoms with Gasteiger partial charge in [-0.2, -0.15) is 0 Å². The van der Waals surface area contributed by atoms with Crippen molar-refractivity contribution in [3.8, 4) is 0 Å². The van der Waals surface area contributed by atoms with Gasteiger partial charge in [0.2, 0.25) is 0 Å². The van der Waals surface area contributed by atoms with Crippen LogP contribution in [0.25, 0.3) is 0 Å². The SMILES string of the molecule is CC(NCC(C)C1CC1)c1c(Cl)ccc(F)c1Cl. The number of benzene rings is 1. The first-order chi connectivity index (χ1) is 8.50. The Labute approximate surface area is 118 Å². The Kier molecular flexibility index (Phi) is 4.52. The lowest BCUT2D eigenvalue weighted by atomic mass is 10.0. The Morgan fingerprint density at radius 2 is 2.00 bits per heavy atom. The fourth-order valence-corrected chi connectivity index (χ4v) is 2.93. The van der Waals surface area contributed by atoms with Gasteiger partial charge in [0.05, 0.1) is 5.02 Å². The molecule has 2 unspecified atom stereocenters. The topological polar surface area (TPSA) is 12.0 Å². The van der Waals surface area contributed by atoms with E-state index in [1.807, 2.05) is 6.92 Å². The van der Waals surface area contributed by atoms with Gasteiger partial charge in [-0.3, -0.25) is 0 Å². The molecule has 2 rings (SSSR count). The zero-order chi connectivity index (χ0) is 13.3. The first-order valence-corrected chi connectivity index (χ1v) is 7.13. The van der Waals surface area contributed by atoms with E-state index in [-0.39, 0.29) is 11.1 Å². The summed E-state index contributed by atoms with van der Waals surface area (Å²) in [6, 6.07) is 2.82. The minimum absolute atomic E-state index is 0.0399. The highest BCUT2D eigenvalue weighted by Gasteiger charge is 2.28. The van der Waals surface area contributed by atoms with Gasteiger partial charge in [0.25, 0.3) is 0 Å². The van der Waals surface area contributed by atoms with Gasteiger partial charge in [-0.05, 0) is 50.3 Å². The molecule has 1 fully saturated rings. The minimum atomic E-state index is -0.417. The van der Waals surface area contributed by atoms with E-state index in [0.29, 0.717) is 16.5 Å². The Balaban J connectivity index is 2.03. The molecule has 1 aliphatic carbocycles. The van der Waals surface area contributed by atoms with E-state index in [0.717, 1.165) is 12.5 Å². The van der Waals surface area contributed by atoms with Crippen LogP contribution in [0.15, 0.2) is 12.1 Å². The van der Waals surface area contributed by atoms with E-state index < -0.39 is 5.82 Å². The molecule has 0 heterocycles. The maximum Gasteiger partial charge on any atom is 0.142 e. The van der Waals surface area contributed by atoms with Gasteiger partial charge in [0.15, 0.2) is 0 Å². The first kappa shape index (κ1) is 14.1. The van der Waals surface area contributed by atoms with Crippen LogP contribution in [0.5, 0.6) is 0 Å². The van der Waals surface area contributed by atoms with E-state index in [2.05, 4.69) is 12.2 Å². The molecule has 0 aliphatic heterocycles. The lowest BCUT2D eigenvalue weighted by molar-refractivity contribution is 0.431. The molecule has 1 nitrogen and oxygen atoms in total. The van der Waals surface area contributed by atoms with Gasteiger partial charge in [-0.25, -0.2) is 4.39 Å². The summed E-state index contributed by atoms with van der Waals surface area (Å²) in [5.41, 5.74) is 0.654. The van der Waals surface area contributed by atoms with Crippen LogP contribution in [-0.2, 0) is 0 Å². The molecule has 1 N–H and O–H groups in total. The average molecular weight is 290 g/mol. The lowest BCUT2D eigenvalue weighted by Crippen LogP contribution is -2.26. The summed E-state index contributed by atoms with van der Waals surface area (Å²) in [7, 11) is 0. The summed E-state index contributed by atoms with van der Waals surface area (Å²) in [5, 5.41) is 4.03. The lowest BCUT2D eigenvalue weighted by Gasteiger charge is -2.20. The molecule has 18 heavy (non-hydrogen) atoms. The Hall–Kier alpha value is -0.310. The Morgan fingerprint density at radius 3 is 2.61 bits per heavy atom. The number of nitrogens with one attached hydrogen (secondary N) is 1. The normalized spacial score (nSPS) is 18.7. The van der Waals surface area contributed by atoms with Crippen LogP contribution in [0.1, 0.15) is 38.3 Å². The summed E-state index contributed by atoms with van der Waals surface area (Å²) in [6.45, 7) is 5.12. The third-order valence-electron chi connectivity index (χ3n) is 3.69. The predicted molar refractivity (Wildman–Crippen MR) is 74.7 cm³/mol. The van der Waals surface area contributed by atoms with Crippen molar-refractivity contribution in [3.05, 3.63) is 33.6 Å². The molecule has 0 aromatic heterocycles. The van der Waals surface area contributed by atoms with Gasteiger partial charge in [-0.1, -0.05) is 30.1 Å². The average Bonchev–Trinajstić information content (AvgIpc) is 3.15. The number of halogens is 3. The highest BCUT2D eigenvalue weighted by Crippen LogP contribution is 2.37. The van der Waals surface area contributed by atoms with Crippen molar-refractivity contribution in [2.24, 2.45) is 11.8 Å². The molecule has 100 valence electrons. The molecule has 0 amide bonds. The van der Waals surface area contributed by atoms with Crippen molar-refractivity contribution < 1.29 is 4.39 Å². The van der Waals surface area contributed by atoms with Crippen molar-refractivity contribution >= 4 is 23.2 Å². The van der Waals surface area contributed by atoms with Crippen molar-refractivity contribution in [3.63, 3.8) is 0 Å². The quantitative estimate of drug-likeness (QED) is 0.766. The van der Waals surface area contributed by atoms with Crippen LogP contribution in [0.3, 0.4) is 0 Å². The molecule has 0 spiro atoms. The third-order valence-corrected chi connectivity index (χ3v) is 4.40. The molecule has 0 radical (unpaired) electrons. The highest BCUT2D eigenvalue weighted by molar-refractivity contribution is 6.36. The van der Waals surface area contributed by atoms with Crippen LogP contribution in [0.4, 0.5) is 4.39 Å². The predicted octanol–water partition coefficient (Wildman–Crippen LogP) is 4.83. The van der Waals surface area contributed by atoms with Crippen LogP contribution >= 0.6 is 23.2 Å². The minimum Gasteiger partial charge on any atom is -0.310 e. The van der Waals surface area contributed by atoms with Crippen LogP contribution in [0.2, 0.25) is 10.0 Å². The number of hydrogen-bond donors (Lipinski definition) is 1. The van der Waals surface area contributed by atoms with E-state index in [4.69, 9.17) is 23.2 Å².